The molecule has 2 heterocycles. The highest BCUT2D eigenvalue weighted by Crippen LogP contribution is 2.38. The van der Waals surface area contributed by atoms with E-state index in [-0.39, 0.29) is 17.3 Å². The van der Waals surface area contributed by atoms with E-state index in [1.807, 2.05) is 42.5 Å². The SMILES string of the molecule is CN(C(=O)COC(=O)c1c2c(nc3ccccc13)/C(=C\c1ccc(O)cc1)CC2)[C@H]1CCS(=O)(=O)C1. The molecular formula is C27H26N2O6S. The van der Waals surface area contributed by atoms with Crippen LogP contribution in [0.4, 0.5) is 0 Å². The minimum atomic E-state index is -3.14. The average Bonchev–Trinajstić information content (AvgIpc) is 3.43. The van der Waals surface area contributed by atoms with Crippen molar-refractivity contribution in [1.82, 2.24) is 9.88 Å². The minimum absolute atomic E-state index is 0.0597. The van der Waals surface area contributed by atoms with Gasteiger partial charge in [-0.2, -0.15) is 0 Å². The van der Waals surface area contributed by atoms with Crippen molar-refractivity contribution in [1.29, 1.82) is 0 Å². The standard InChI is InChI=1S/C27H26N2O6S/c1-29(19-12-13-36(33,34)16-19)24(31)15-35-27(32)25-21-4-2-3-5-23(21)28-26-18(8-11-22(25)26)14-17-6-9-20(30)10-7-17/h2-7,9-10,14,19,30H,8,11-13,15-16H2,1H3/b18-14-/t19-/m0/s1. The summed E-state index contributed by atoms with van der Waals surface area (Å²) in [6.07, 6.45) is 3.68. The number of aromatic nitrogens is 1. The average molecular weight is 507 g/mol. The Labute approximate surface area is 209 Å². The third-order valence-corrected chi connectivity index (χ3v) is 8.61. The number of pyridine rings is 1. The highest BCUT2D eigenvalue weighted by atomic mass is 32.2. The molecule has 1 aromatic heterocycles. The number of sulfone groups is 1. The number of aromatic hydroxyl groups is 1. The van der Waals surface area contributed by atoms with Crippen LogP contribution in [-0.4, -0.2) is 66.5 Å². The first-order chi connectivity index (χ1) is 17.2. The van der Waals surface area contributed by atoms with Crippen molar-refractivity contribution in [3.05, 3.63) is 70.9 Å². The van der Waals surface area contributed by atoms with Crippen LogP contribution in [0.5, 0.6) is 5.75 Å². The number of carbonyl (C=O) groups is 2. The van der Waals surface area contributed by atoms with Crippen molar-refractivity contribution < 1.29 is 27.9 Å². The lowest BCUT2D eigenvalue weighted by molar-refractivity contribution is -0.134. The largest absolute Gasteiger partial charge is 0.508 e. The molecule has 1 amide bonds. The first-order valence-electron chi connectivity index (χ1n) is 11.8. The van der Waals surface area contributed by atoms with Crippen LogP contribution in [0.25, 0.3) is 22.6 Å². The van der Waals surface area contributed by atoms with Crippen LogP contribution in [-0.2, 0) is 25.8 Å². The maximum atomic E-state index is 13.3. The second-order valence-corrected chi connectivity index (χ2v) is 11.5. The van der Waals surface area contributed by atoms with E-state index >= 15 is 0 Å². The van der Waals surface area contributed by atoms with Crippen LogP contribution >= 0.6 is 0 Å². The molecule has 9 heteroatoms. The van der Waals surface area contributed by atoms with Gasteiger partial charge < -0.3 is 14.7 Å². The zero-order valence-corrected chi connectivity index (χ0v) is 20.6. The Morgan fingerprint density at radius 3 is 2.61 bits per heavy atom. The number of nitrogens with zero attached hydrogens (tertiary/aromatic N) is 2. The maximum absolute atomic E-state index is 13.3. The first-order valence-corrected chi connectivity index (χ1v) is 13.6. The summed E-state index contributed by atoms with van der Waals surface area (Å²) < 4.78 is 29.0. The lowest BCUT2D eigenvalue weighted by Crippen LogP contribution is -2.40. The molecule has 1 aliphatic carbocycles. The predicted molar refractivity (Wildman–Crippen MR) is 136 cm³/mol. The number of fused-ring (bicyclic) bond motifs is 2. The molecule has 1 aliphatic heterocycles. The number of phenols is 1. The van der Waals surface area contributed by atoms with Crippen LogP contribution in [0.3, 0.4) is 0 Å². The summed E-state index contributed by atoms with van der Waals surface area (Å²) in [5.74, 6) is -0.857. The van der Waals surface area contributed by atoms with Gasteiger partial charge in [-0.3, -0.25) is 4.79 Å². The lowest BCUT2D eigenvalue weighted by Gasteiger charge is -2.23. The molecule has 0 radical (unpaired) electrons. The monoisotopic (exact) mass is 506 g/mol. The van der Waals surface area contributed by atoms with Gasteiger partial charge in [0.2, 0.25) is 0 Å². The number of allylic oxidation sites excluding steroid dienone is 1. The van der Waals surface area contributed by atoms with Crippen molar-refractivity contribution >= 4 is 44.3 Å². The van der Waals surface area contributed by atoms with Crippen LogP contribution in [0.2, 0.25) is 0 Å². The fraction of sp³-hybridized carbons (Fsp3) is 0.296. The topological polar surface area (TPSA) is 114 Å². The van der Waals surface area contributed by atoms with Gasteiger partial charge in [-0.05, 0) is 60.2 Å². The molecule has 186 valence electrons. The molecule has 3 aromatic rings. The molecular weight excluding hydrogens is 480 g/mol. The van der Waals surface area contributed by atoms with E-state index in [4.69, 9.17) is 9.72 Å². The number of phenolic OH excluding ortho intramolecular Hbond substituents is 1. The van der Waals surface area contributed by atoms with Gasteiger partial charge in [0.15, 0.2) is 16.4 Å². The number of benzene rings is 2. The fourth-order valence-corrected chi connectivity index (χ4v) is 6.64. The Balaban J connectivity index is 1.42. The number of esters is 1. The van der Waals surface area contributed by atoms with Gasteiger partial charge in [0, 0.05) is 18.5 Å². The molecule has 0 saturated carbocycles. The van der Waals surface area contributed by atoms with E-state index in [1.165, 1.54) is 4.90 Å². The molecule has 2 aliphatic rings. The summed E-state index contributed by atoms with van der Waals surface area (Å²) >= 11 is 0. The molecule has 8 nitrogen and oxygen atoms in total. The van der Waals surface area contributed by atoms with Crippen molar-refractivity contribution in [2.24, 2.45) is 0 Å². The number of para-hydroxylation sites is 1. The lowest BCUT2D eigenvalue weighted by atomic mass is 10.0. The predicted octanol–water partition coefficient (Wildman–Crippen LogP) is 3.23. The number of amides is 1. The summed E-state index contributed by atoms with van der Waals surface area (Å²) in [4.78, 5) is 32.2. The van der Waals surface area contributed by atoms with E-state index in [9.17, 15) is 23.1 Å². The number of ether oxygens (including phenoxy) is 1. The molecule has 2 aromatic carbocycles. The quantitative estimate of drug-likeness (QED) is 0.529. The van der Waals surface area contributed by atoms with Crippen LogP contribution < -0.4 is 0 Å². The minimum Gasteiger partial charge on any atom is -0.508 e. The van der Waals surface area contributed by atoms with Gasteiger partial charge in [-0.1, -0.05) is 30.3 Å². The van der Waals surface area contributed by atoms with Crippen molar-refractivity contribution in [3.63, 3.8) is 0 Å². The molecule has 1 atom stereocenters. The Kier molecular flexibility index (Phi) is 6.26. The normalized spacial score (nSPS) is 19.4. The Bertz CT molecular complexity index is 1490. The van der Waals surface area contributed by atoms with Gasteiger partial charge in [0.1, 0.15) is 5.75 Å². The molecule has 1 saturated heterocycles. The molecule has 1 N–H and O–H groups in total. The summed E-state index contributed by atoms with van der Waals surface area (Å²) in [7, 11) is -1.59. The molecule has 0 bridgehead atoms. The van der Waals surface area contributed by atoms with Gasteiger partial charge in [-0.25, -0.2) is 18.2 Å². The third-order valence-electron chi connectivity index (χ3n) is 6.86. The van der Waals surface area contributed by atoms with E-state index < -0.39 is 34.4 Å². The second-order valence-electron chi connectivity index (χ2n) is 9.23. The summed E-state index contributed by atoms with van der Waals surface area (Å²) in [5.41, 5.74) is 4.47. The smallest absolute Gasteiger partial charge is 0.339 e. The van der Waals surface area contributed by atoms with Crippen LogP contribution in [0.1, 0.15) is 40.0 Å². The number of hydrogen-bond acceptors (Lipinski definition) is 7. The second kappa shape index (κ2) is 9.39. The van der Waals surface area contributed by atoms with Gasteiger partial charge in [0.25, 0.3) is 5.91 Å². The number of rotatable bonds is 5. The maximum Gasteiger partial charge on any atom is 0.339 e. The van der Waals surface area contributed by atoms with Crippen molar-refractivity contribution in [2.45, 2.75) is 25.3 Å². The van der Waals surface area contributed by atoms with E-state index in [0.717, 1.165) is 22.4 Å². The van der Waals surface area contributed by atoms with Crippen LogP contribution in [0.15, 0.2) is 48.5 Å². The van der Waals surface area contributed by atoms with E-state index in [0.29, 0.717) is 35.7 Å². The van der Waals surface area contributed by atoms with Crippen LogP contribution in [0, 0.1) is 0 Å². The molecule has 5 rings (SSSR count). The zero-order chi connectivity index (χ0) is 25.4. The number of carbonyl (C=O) groups excluding carboxylic acids is 2. The fourth-order valence-electron chi connectivity index (χ4n) is 4.87. The number of likely N-dealkylation sites (N-methyl/N-ethyl adjacent to an activating group) is 1. The number of hydrogen-bond donors (Lipinski definition) is 1. The summed E-state index contributed by atoms with van der Waals surface area (Å²) in [5, 5.41) is 10.2. The molecule has 0 spiro atoms. The Morgan fingerprint density at radius 1 is 1.14 bits per heavy atom. The molecule has 36 heavy (non-hydrogen) atoms. The highest BCUT2D eigenvalue weighted by Gasteiger charge is 2.33. The summed E-state index contributed by atoms with van der Waals surface area (Å²) in [6.45, 7) is -0.465. The molecule has 1 fully saturated rings. The van der Waals surface area contributed by atoms with Gasteiger partial charge in [0.05, 0.1) is 28.3 Å². The molecule has 0 unspecified atom stereocenters. The van der Waals surface area contributed by atoms with Crippen molar-refractivity contribution in [3.8, 4) is 5.75 Å². The van der Waals surface area contributed by atoms with E-state index in [1.54, 1.807) is 19.2 Å². The summed E-state index contributed by atoms with van der Waals surface area (Å²) in [6, 6.07) is 13.8. The Morgan fingerprint density at radius 2 is 1.89 bits per heavy atom. The highest BCUT2D eigenvalue weighted by molar-refractivity contribution is 7.91. The van der Waals surface area contributed by atoms with Gasteiger partial charge >= 0.3 is 5.97 Å². The zero-order valence-electron chi connectivity index (χ0n) is 19.8. The van der Waals surface area contributed by atoms with E-state index in [2.05, 4.69) is 0 Å². The third kappa shape index (κ3) is 4.70. The van der Waals surface area contributed by atoms with Crippen molar-refractivity contribution in [2.75, 3.05) is 25.2 Å². The van der Waals surface area contributed by atoms with Gasteiger partial charge in [-0.15, -0.1) is 0 Å². The first kappa shape index (κ1) is 24.0. The Hall–Kier alpha value is -3.72.